The van der Waals surface area contributed by atoms with Crippen molar-refractivity contribution in [1.29, 1.82) is 0 Å². The molecule has 1 saturated heterocycles. The summed E-state index contributed by atoms with van der Waals surface area (Å²) in [6.07, 6.45) is -4.49. The summed E-state index contributed by atoms with van der Waals surface area (Å²) >= 11 is 0. The van der Waals surface area contributed by atoms with Crippen molar-refractivity contribution in [2.45, 2.75) is 17.6 Å². The normalized spacial score (nSPS) is 16.9. The Bertz CT molecular complexity index is 890. The molecule has 152 valence electrons. The zero-order chi connectivity index (χ0) is 20.4. The van der Waals surface area contributed by atoms with Crippen molar-refractivity contribution >= 4 is 10.0 Å². The lowest BCUT2D eigenvalue weighted by molar-refractivity contribution is -0.137. The molecule has 3 rings (SSSR count). The maximum atomic E-state index is 12.7. The van der Waals surface area contributed by atoms with Crippen molar-refractivity contribution in [3.05, 3.63) is 59.7 Å². The highest BCUT2D eigenvalue weighted by Crippen LogP contribution is 2.30. The number of hydrogen-bond acceptors (Lipinski definition) is 4. The molecule has 0 aliphatic carbocycles. The van der Waals surface area contributed by atoms with Crippen LogP contribution in [-0.2, 0) is 22.7 Å². The Balaban J connectivity index is 1.61. The highest BCUT2D eigenvalue weighted by molar-refractivity contribution is 7.89. The van der Waals surface area contributed by atoms with Gasteiger partial charge in [-0.2, -0.15) is 17.5 Å². The number of ether oxygens (including phenoxy) is 1. The first-order valence-electron chi connectivity index (χ1n) is 8.73. The van der Waals surface area contributed by atoms with Crippen LogP contribution in [0.5, 0.6) is 5.75 Å². The molecule has 0 aromatic heterocycles. The predicted octanol–water partition coefficient (Wildman–Crippen LogP) is 3.22. The van der Waals surface area contributed by atoms with E-state index in [1.807, 2.05) is 24.3 Å². The van der Waals surface area contributed by atoms with Crippen molar-refractivity contribution in [2.24, 2.45) is 0 Å². The van der Waals surface area contributed by atoms with Crippen LogP contribution in [0.3, 0.4) is 0 Å². The number of rotatable bonds is 5. The average molecular weight is 414 g/mol. The molecule has 1 aliphatic rings. The molecule has 28 heavy (non-hydrogen) atoms. The third kappa shape index (κ3) is 4.65. The lowest BCUT2D eigenvalue weighted by atomic mass is 10.2. The number of sulfonamides is 1. The summed E-state index contributed by atoms with van der Waals surface area (Å²) in [6.45, 7) is 2.37. The van der Waals surface area contributed by atoms with Gasteiger partial charge in [0.25, 0.3) is 0 Å². The van der Waals surface area contributed by atoms with E-state index in [4.69, 9.17) is 4.74 Å². The van der Waals surface area contributed by atoms with E-state index in [-0.39, 0.29) is 4.90 Å². The van der Waals surface area contributed by atoms with E-state index >= 15 is 0 Å². The van der Waals surface area contributed by atoms with Crippen LogP contribution in [0.1, 0.15) is 11.1 Å². The van der Waals surface area contributed by atoms with E-state index in [1.165, 1.54) is 4.31 Å². The number of methoxy groups -OCH3 is 1. The summed E-state index contributed by atoms with van der Waals surface area (Å²) in [5.41, 5.74) is 0.232. The summed E-state index contributed by atoms with van der Waals surface area (Å²) in [6, 6.07) is 11.3. The van der Waals surface area contributed by atoms with E-state index in [1.54, 1.807) is 7.11 Å². The van der Waals surface area contributed by atoms with Crippen molar-refractivity contribution in [1.82, 2.24) is 9.21 Å². The van der Waals surface area contributed by atoms with Crippen molar-refractivity contribution in [3.63, 3.8) is 0 Å². The molecule has 0 atom stereocenters. The minimum Gasteiger partial charge on any atom is -0.497 e. The van der Waals surface area contributed by atoms with Gasteiger partial charge in [-0.1, -0.05) is 12.1 Å². The molecule has 0 unspecified atom stereocenters. The van der Waals surface area contributed by atoms with Gasteiger partial charge in [-0.15, -0.1) is 0 Å². The SMILES string of the molecule is COc1ccc(CN2CCN(S(=O)(=O)c3ccc(C(F)(F)F)cc3)CC2)cc1. The molecule has 2 aromatic rings. The Hall–Kier alpha value is -2.10. The number of alkyl halides is 3. The molecule has 1 fully saturated rings. The molecule has 1 heterocycles. The fourth-order valence-electron chi connectivity index (χ4n) is 3.08. The number of piperazine rings is 1. The van der Waals surface area contributed by atoms with Gasteiger partial charge in [0, 0.05) is 32.7 Å². The molecule has 2 aromatic carbocycles. The minimum absolute atomic E-state index is 0.121. The second-order valence-electron chi connectivity index (χ2n) is 6.55. The zero-order valence-corrected chi connectivity index (χ0v) is 16.1. The van der Waals surface area contributed by atoms with Crippen LogP contribution in [0, 0.1) is 0 Å². The maximum absolute atomic E-state index is 12.7. The van der Waals surface area contributed by atoms with Crippen molar-refractivity contribution in [3.8, 4) is 5.75 Å². The van der Waals surface area contributed by atoms with Gasteiger partial charge in [-0.3, -0.25) is 4.90 Å². The summed E-state index contributed by atoms with van der Waals surface area (Å²) in [7, 11) is -2.20. The fourth-order valence-corrected chi connectivity index (χ4v) is 4.50. The van der Waals surface area contributed by atoms with E-state index < -0.39 is 21.8 Å². The van der Waals surface area contributed by atoms with Crippen molar-refractivity contribution in [2.75, 3.05) is 33.3 Å². The molecular formula is C19H21F3N2O3S. The second-order valence-corrected chi connectivity index (χ2v) is 8.49. The second kappa shape index (κ2) is 8.10. The lowest BCUT2D eigenvalue weighted by Gasteiger charge is -2.34. The van der Waals surface area contributed by atoms with Crippen LogP contribution >= 0.6 is 0 Å². The highest BCUT2D eigenvalue weighted by atomic mass is 32.2. The molecule has 0 radical (unpaired) electrons. The van der Waals surface area contributed by atoms with Gasteiger partial charge >= 0.3 is 6.18 Å². The lowest BCUT2D eigenvalue weighted by Crippen LogP contribution is -2.48. The Morgan fingerprint density at radius 2 is 1.50 bits per heavy atom. The molecule has 0 saturated carbocycles. The van der Waals surface area contributed by atoms with Crippen LogP contribution in [0.25, 0.3) is 0 Å². The van der Waals surface area contributed by atoms with Crippen LogP contribution in [0.15, 0.2) is 53.4 Å². The third-order valence-corrected chi connectivity index (χ3v) is 6.63. The van der Waals surface area contributed by atoms with Gasteiger partial charge in [-0.05, 0) is 42.0 Å². The Morgan fingerprint density at radius 1 is 0.929 bits per heavy atom. The van der Waals surface area contributed by atoms with Gasteiger partial charge in [0.15, 0.2) is 0 Å². The fraction of sp³-hybridized carbons (Fsp3) is 0.368. The topological polar surface area (TPSA) is 49.9 Å². The smallest absolute Gasteiger partial charge is 0.416 e. The molecule has 0 amide bonds. The molecular weight excluding hydrogens is 393 g/mol. The largest absolute Gasteiger partial charge is 0.497 e. The summed E-state index contributed by atoms with van der Waals surface area (Å²) in [5, 5.41) is 0. The number of halogens is 3. The molecule has 9 heteroatoms. The van der Waals surface area contributed by atoms with E-state index in [0.29, 0.717) is 32.7 Å². The van der Waals surface area contributed by atoms with Gasteiger partial charge < -0.3 is 4.74 Å². The molecule has 5 nitrogen and oxygen atoms in total. The van der Waals surface area contributed by atoms with Crippen LogP contribution < -0.4 is 4.74 Å². The minimum atomic E-state index is -4.49. The third-order valence-electron chi connectivity index (χ3n) is 4.72. The molecule has 0 spiro atoms. The van der Waals surface area contributed by atoms with E-state index in [2.05, 4.69) is 4.90 Å². The molecule has 1 aliphatic heterocycles. The molecule has 0 bridgehead atoms. The van der Waals surface area contributed by atoms with E-state index in [9.17, 15) is 21.6 Å². The summed E-state index contributed by atoms with van der Waals surface area (Å²) in [4.78, 5) is 2.02. The Labute approximate surface area is 162 Å². The number of benzene rings is 2. The van der Waals surface area contributed by atoms with Crippen LogP contribution in [0.4, 0.5) is 13.2 Å². The highest BCUT2D eigenvalue weighted by Gasteiger charge is 2.32. The number of nitrogens with zero attached hydrogens (tertiary/aromatic N) is 2. The van der Waals surface area contributed by atoms with Gasteiger partial charge in [-0.25, -0.2) is 8.42 Å². The quantitative estimate of drug-likeness (QED) is 0.754. The van der Waals surface area contributed by atoms with Crippen LogP contribution in [-0.4, -0.2) is 50.9 Å². The average Bonchev–Trinajstić information content (AvgIpc) is 2.68. The van der Waals surface area contributed by atoms with Crippen LogP contribution in [0.2, 0.25) is 0 Å². The molecule has 0 N–H and O–H groups in total. The standard InChI is InChI=1S/C19H21F3N2O3S/c1-27-17-6-2-15(3-7-17)14-23-10-12-24(13-11-23)28(25,26)18-8-4-16(5-9-18)19(20,21)22/h2-9H,10-14H2,1H3. The Kier molecular flexibility index (Phi) is 5.97. The van der Waals surface area contributed by atoms with Crippen molar-refractivity contribution < 1.29 is 26.3 Å². The summed E-state index contributed by atoms with van der Waals surface area (Å²) in [5.74, 6) is 0.774. The summed E-state index contributed by atoms with van der Waals surface area (Å²) < 4.78 is 69.8. The first-order chi connectivity index (χ1) is 13.2. The van der Waals surface area contributed by atoms with Gasteiger partial charge in [0.2, 0.25) is 10.0 Å². The maximum Gasteiger partial charge on any atom is 0.416 e. The van der Waals surface area contributed by atoms with Gasteiger partial charge in [0.1, 0.15) is 5.75 Å². The first kappa shape index (κ1) is 20.6. The van der Waals surface area contributed by atoms with Gasteiger partial charge in [0.05, 0.1) is 17.6 Å². The predicted molar refractivity (Wildman–Crippen MR) is 98.5 cm³/mol. The monoisotopic (exact) mass is 414 g/mol. The van der Waals surface area contributed by atoms with E-state index in [0.717, 1.165) is 35.6 Å². The first-order valence-corrected chi connectivity index (χ1v) is 10.2. The zero-order valence-electron chi connectivity index (χ0n) is 15.3. The Morgan fingerprint density at radius 3 is 2.00 bits per heavy atom. The number of hydrogen-bond donors (Lipinski definition) is 0.